The highest BCUT2D eigenvalue weighted by Gasteiger charge is 2.05. The van der Waals surface area contributed by atoms with Crippen molar-refractivity contribution in [2.45, 2.75) is 14.4 Å². The van der Waals surface area contributed by atoms with Crippen molar-refractivity contribution in [3.05, 3.63) is 77.9 Å². The van der Waals surface area contributed by atoms with Gasteiger partial charge in [-0.2, -0.15) is 0 Å². The Balaban J connectivity index is 1.45. The van der Waals surface area contributed by atoms with Crippen molar-refractivity contribution in [3.63, 3.8) is 0 Å². The third-order valence-electron chi connectivity index (χ3n) is 3.01. The maximum Gasteiger partial charge on any atom is 0.175 e. The minimum absolute atomic E-state index is 0.910. The minimum Gasteiger partial charge on any atom is -0.131 e. The smallest absolute Gasteiger partial charge is 0.131 e. The molecule has 0 N–H and O–H groups in total. The standard InChI is InChI=1S/C18H16N2S3/c1-3-8-15(9-4-1)12-7-13-21-17-19-20-18(23-17)22-14-16-10-5-2-6-11-16/h1-12H,13-14H2. The van der Waals surface area contributed by atoms with Gasteiger partial charge in [-0.15, -0.1) is 10.2 Å². The molecule has 3 rings (SSSR count). The van der Waals surface area contributed by atoms with Crippen LogP contribution in [0.25, 0.3) is 6.08 Å². The first-order chi connectivity index (χ1) is 11.4. The van der Waals surface area contributed by atoms with Crippen molar-refractivity contribution in [2.24, 2.45) is 0 Å². The van der Waals surface area contributed by atoms with Gasteiger partial charge < -0.3 is 0 Å². The number of aromatic nitrogens is 2. The largest absolute Gasteiger partial charge is 0.175 e. The summed E-state index contributed by atoms with van der Waals surface area (Å²) in [6, 6.07) is 20.8. The minimum atomic E-state index is 0.910. The highest BCUT2D eigenvalue weighted by molar-refractivity contribution is 8.03. The summed E-state index contributed by atoms with van der Waals surface area (Å²) in [4.78, 5) is 0. The molecule has 0 atom stereocenters. The van der Waals surface area contributed by atoms with Gasteiger partial charge in [0.2, 0.25) is 0 Å². The van der Waals surface area contributed by atoms with Crippen LogP contribution >= 0.6 is 34.9 Å². The topological polar surface area (TPSA) is 25.8 Å². The van der Waals surface area contributed by atoms with Crippen molar-refractivity contribution in [1.82, 2.24) is 10.2 Å². The molecule has 0 saturated heterocycles. The van der Waals surface area contributed by atoms with Crippen LogP contribution in [0.4, 0.5) is 0 Å². The Kier molecular flexibility index (Phi) is 6.32. The van der Waals surface area contributed by atoms with E-state index in [1.54, 1.807) is 34.9 Å². The van der Waals surface area contributed by atoms with Gasteiger partial charge in [-0.1, -0.05) is 108 Å². The molecule has 2 aromatic carbocycles. The number of benzene rings is 2. The fourth-order valence-electron chi connectivity index (χ4n) is 1.90. The van der Waals surface area contributed by atoms with Gasteiger partial charge in [0.05, 0.1) is 0 Å². The third-order valence-corrected chi connectivity index (χ3v) is 6.22. The highest BCUT2D eigenvalue weighted by atomic mass is 32.2. The summed E-state index contributed by atoms with van der Waals surface area (Å²) >= 11 is 5.14. The molecule has 0 aliphatic carbocycles. The Hall–Kier alpha value is -1.56. The first-order valence-electron chi connectivity index (χ1n) is 7.25. The fourth-order valence-corrected chi connectivity index (χ4v) is 4.71. The van der Waals surface area contributed by atoms with Gasteiger partial charge in [0, 0.05) is 11.5 Å². The first kappa shape index (κ1) is 16.3. The molecule has 3 aromatic rings. The summed E-state index contributed by atoms with van der Waals surface area (Å²) < 4.78 is 2.06. The summed E-state index contributed by atoms with van der Waals surface area (Å²) in [6.07, 6.45) is 4.30. The zero-order chi connectivity index (χ0) is 15.7. The Bertz CT molecular complexity index is 739. The number of rotatable bonds is 7. The van der Waals surface area contributed by atoms with E-state index in [0.29, 0.717) is 0 Å². The van der Waals surface area contributed by atoms with E-state index < -0.39 is 0 Å². The van der Waals surface area contributed by atoms with E-state index in [1.807, 2.05) is 24.3 Å². The SMILES string of the molecule is C(=Cc1ccccc1)CSc1nnc(SCc2ccccc2)s1. The van der Waals surface area contributed by atoms with Crippen LogP contribution in [0.5, 0.6) is 0 Å². The van der Waals surface area contributed by atoms with Gasteiger partial charge in [0.15, 0.2) is 8.68 Å². The van der Waals surface area contributed by atoms with Gasteiger partial charge in [-0.25, -0.2) is 0 Å². The Morgan fingerprint density at radius 1 is 0.826 bits per heavy atom. The summed E-state index contributed by atoms with van der Waals surface area (Å²) in [6.45, 7) is 0. The molecule has 0 aliphatic rings. The van der Waals surface area contributed by atoms with E-state index in [1.165, 1.54) is 11.1 Å². The van der Waals surface area contributed by atoms with E-state index in [-0.39, 0.29) is 0 Å². The Morgan fingerprint density at radius 3 is 2.22 bits per heavy atom. The van der Waals surface area contributed by atoms with E-state index >= 15 is 0 Å². The van der Waals surface area contributed by atoms with Gasteiger partial charge in [-0.05, 0) is 11.1 Å². The summed E-state index contributed by atoms with van der Waals surface area (Å²) in [7, 11) is 0. The lowest BCUT2D eigenvalue weighted by atomic mass is 10.2. The van der Waals surface area contributed by atoms with Crippen molar-refractivity contribution in [2.75, 3.05) is 5.75 Å². The van der Waals surface area contributed by atoms with Gasteiger partial charge >= 0.3 is 0 Å². The molecule has 0 amide bonds. The Labute approximate surface area is 149 Å². The lowest BCUT2D eigenvalue weighted by molar-refractivity contribution is 0.955. The van der Waals surface area contributed by atoms with Crippen molar-refractivity contribution in [3.8, 4) is 0 Å². The average molecular weight is 357 g/mol. The second kappa shape index (κ2) is 8.91. The molecule has 116 valence electrons. The predicted octanol–water partition coefficient (Wildman–Crippen LogP) is 5.64. The zero-order valence-corrected chi connectivity index (χ0v) is 14.9. The zero-order valence-electron chi connectivity index (χ0n) is 12.5. The molecule has 0 bridgehead atoms. The predicted molar refractivity (Wildman–Crippen MR) is 102 cm³/mol. The molecule has 0 saturated carbocycles. The first-order valence-corrected chi connectivity index (χ1v) is 10.0. The van der Waals surface area contributed by atoms with E-state index in [2.05, 4.69) is 58.7 Å². The monoisotopic (exact) mass is 356 g/mol. The maximum atomic E-state index is 4.25. The third kappa shape index (κ3) is 5.53. The molecule has 23 heavy (non-hydrogen) atoms. The van der Waals surface area contributed by atoms with Crippen molar-refractivity contribution in [1.29, 1.82) is 0 Å². The van der Waals surface area contributed by atoms with Crippen LogP contribution in [0.3, 0.4) is 0 Å². The molecular weight excluding hydrogens is 340 g/mol. The van der Waals surface area contributed by atoms with Crippen LogP contribution in [0, 0.1) is 0 Å². The number of thioether (sulfide) groups is 2. The molecule has 2 nitrogen and oxygen atoms in total. The van der Waals surface area contributed by atoms with E-state index in [4.69, 9.17) is 0 Å². The summed E-state index contributed by atoms with van der Waals surface area (Å²) in [5.74, 6) is 1.85. The van der Waals surface area contributed by atoms with Gasteiger partial charge in [0.1, 0.15) is 0 Å². The van der Waals surface area contributed by atoms with Crippen LogP contribution in [-0.4, -0.2) is 16.0 Å². The molecule has 0 spiro atoms. The maximum absolute atomic E-state index is 4.25. The number of hydrogen-bond acceptors (Lipinski definition) is 5. The molecule has 5 heteroatoms. The molecule has 0 aliphatic heterocycles. The second-order valence-corrected chi connectivity index (χ2v) is 8.20. The van der Waals surface area contributed by atoms with E-state index in [9.17, 15) is 0 Å². The van der Waals surface area contributed by atoms with Crippen molar-refractivity contribution >= 4 is 40.9 Å². The van der Waals surface area contributed by atoms with E-state index in [0.717, 1.165) is 20.2 Å². The number of hydrogen-bond donors (Lipinski definition) is 0. The molecule has 1 aromatic heterocycles. The highest BCUT2D eigenvalue weighted by Crippen LogP contribution is 2.30. The van der Waals surface area contributed by atoms with Gasteiger partial charge in [-0.3, -0.25) is 0 Å². The van der Waals surface area contributed by atoms with Crippen LogP contribution in [0.2, 0.25) is 0 Å². The summed E-state index contributed by atoms with van der Waals surface area (Å²) in [5, 5.41) is 8.50. The average Bonchev–Trinajstić information content (AvgIpc) is 3.07. The normalized spacial score (nSPS) is 11.1. The fraction of sp³-hybridized carbons (Fsp3) is 0.111. The second-order valence-electron chi connectivity index (χ2n) is 4.73. The van der Waals surface area contributed by atoms with Crippen LogP contribution in [0.15, 0.2) is 75.4 Å². The molecule has 0 unspecified atom stereocenters. The molecular formula is C18H16N2S3. The quantitative estimate of drug-likeness (QED) is 0.512. The van der Waals surface area contributed by atoms with Crippen LogP contribution in [0.1, 0.15) is 11.1 Å². The number of nitrogens with zero attached hydrogens (tertiary/aromatic N) is 2. The summed E-state index contributed by atoms with van der Waals surface area (Å²) in [5.41, 5.74) is 2.54. The molecule has 0 fully saturated rings. The van der Waals surface area contributed by atoms with Gasteiger partial charge in [0.25, 0.3) is 0 Å². The van der Waals surface area contributed by atoms with Crippen LogP contribution < -0.4 is 0 Å². The molecule has 1 heterocycles. The van der Waals surface area contributed by atoms with Crippen LogP contribution in [-0.2, 0) is 5.75 Å². The lowest BCUT2D eigenvalue weighted by Crippen LogP contribution is -1.78. The van der Waals surface area contributed by atoms with Crippen molar-refractivity contribution < 1.29 is 0 Å². The molecule has 0 radical (unpaired) electrons. The lowest BCUT2D eigenvalue weighted by Gasteiger charge is -1.96. The Morgan fingerprint density at radius 2 is 1.48 bits per heavy atom.